The van der Waals surface area contributed by atoms with E-state index in [9.17, 15) is 0 Å². The normalized spacial score (nSPS) is 11.2. The molecule has 2 aliphatic heterocycles. The minimum absolute atomic E-state index is 0.821. The van der Waals surface area contributed by atoms with Gasteiger partial charge in [-0.3, -0.25) is 4.98 Å². The third-order valence-corrected chi connectivity index (χ3v) is 4.21. The van der Waals surface area contributed by atoms with Crippen LogP contribution in [0.2, 0.25) is 0 Å². The van der Waals surface area contributed by atoms with Crippen LogP contribution in [0.3, 0.4) is 0 Å². The number of hydrogen-bond acceptors (Lipinski definition) is 5. The molecule has 0 N–H and O–H groups in total. The first-order valence-corrected chi connectivity index (χ1v) is 7.07. The Morgan fingerprint density at radius 1 is 0.950 bits per heavy atom. The Balaban J connectivity index is 2.01. The van der Waals surface area contributed by atoms with E-state index in [1.807, 2.05) is 12.1 Å². The van der Waals surface area contributed by atoms with E-state index >= 15 is 0 Å². The lowest BCUT2D eigenvalue weighted by Crippen LogP contribution is -1.86. The number of hydrogen-bond donors (Lipinski definition) is 0. The molecule has 0 saturated heterocycles. The number of benzene rings is 1. The largest absolute Gasteiger partial charge is 0.265 e. The third kappa shape index (κ3) is 1.75. The number of rotatable bonds is 1. The molecule has 0 unspecified atom stereocenters. The Hall–Kier alpha value is -2.40. The molecule has 0 atom stereocenters. The number of aromatic nitrogens is 4. The highest BCUT2D eigenvalue weighted by atomic mass is 32.1. The highest BCUT2D eigenvalue weighted by molar-refractivity contribution is 7.21. The SMILES string of the molecule is Cc1ccc2sc3nnc(-c4ccncc4)c-3nc2c1. The van der Waals surface area contributed by atoms with Crippen molar-refractivity contribution < 1.29 is 0 Å². The first-order valence-electron chi connectivity index (χ1n) is 6.25. The van der Waals surface area contributed by atoms with Gasteiger partial charge in [-0.05, 0) is 36.8 Å². The lowest BCUT2D eigenvalue weighted by atomic mass is 10.1. The summed E-state index contributed by atoms with van der Waals surface area (Å²) in [5, 5.41) is 9.40. The molecule has 0 saturated carbocycles. The zero-order chi connectivity index (χ0) is 13.5. The van der Waals surface area contributed by atoms with Crippen LogP contribution in [0.5, 0.6) is 0 Å². The van der Waals surface area contributed by atoms with Crippen molar-refractivity contribution >= 4 is 21.6 Å². The molecule has 3 heterocycles. The van der Waals surface area contributed by atoms with Crippen molar-refractivity contribution in [3.8, 4) is 22.0 Å². The third-order valence-electron chi connectivity index (χ3n) is 3.17. The van der Waals surface area contributed by atoms with Crippen LogP contribution in [0.1, 0.15) is 5.56 Å². The molecule has 1 aromatic heterocycles. The van der Waals surface area contributed by atoms with Crippen LogP contribution in [0, 0.1) is 6.92 Å². The van der Waals surface area contributed by atoms with Crippen LogP contribution in [0.25, 0.3) is 32.2 Å². The van der Waals surface area contributed by atoms with Gasteiger partial charge in [0, 0.05) is 18.0 Å². The minimum atomic E-state index is 0.821. The predicted molar refractivity (Wildman–Crippen MR) is 79.8 cm³/mol. The fourth-order valence-electron chi connectivity index (χ4n) is 2.19. The molecule has 0 spiro atoms. The topological polar surface area (TPSA) is 51.6 Å². The summed E-state index contributed by atoms with van der Waals surface area (Å²) in [7, 11) is 0. The zero-order valence-corrected chi connectivity index (χ0v) is 11.6. The summed E-state index contributed by atoms with van der Waals surface area (Å²) in [6, 6.07) is 10.1. The highest BCUT2D eigenvalue weighted by Crippen LogP contribution is 2.35. The standard InChI is InChI=1S/C15H10N4S/c1-9-2-3-12-11(8-9)17-14-13(18-19-15(14)20-12)10-4-6-16-7-5-10/h2-8H,1H3. The molecule has 2 aromatic rings. The van der Waals surface area contributed by atoms with Crippen LogP contribution in [0.15, 0.2) is 42.7 Å². The summed E-state index contributed by atoms with van der Waals surface area (Å²) in [4.78, 5) is 8.77. The maximum absolute atomic E-state index is 4.74. The van der Waals surface area contributed by atoms with Crippen LogP contribution in [-0.2, 0) is 0 Å². The van der Waals surface area contributed by atoms with Crippen molar-refractivity contribution in [3.05, 3.63) is 48.3 Å². The van der Waals surface area contributed by atoms with E-state index in [1.54, 1.807) is 23.7 Å². The second-order valence-electron chi connectivity index (χ2n) is 4.62. The van der Waals surface area contributed by atoms with Gasteiger partial charge in [-0.2, -0.15) is 0 Å². The Kier molecular flexibility index (Phi) is 2.47. The molecule has 0 fully saturated rings. The van der Waals surface area contributed by atoms with Gasteiger partial charge < -0.3 is 0 Å². The number of fused-ring (bicyclic) bond motifs is 2. The Morgan fingerprint density at radius 2 is 1.80 bits per heavy atom. The molecule has 2 aliphatic rings. The maximum atomic E-state index is 4.74. The molecule has 20 heavy (non-hydrogen) atoms. The fourth-order valence-corrected chi connectivity index (χ4v) is 3.07. The van der Waals surface area contributed by atoms with Crippen molar-refractivity contribution in [1.29, 1.82) is 0 Å². The molecule has 0 bridgehead atoms. The van der Waals surface area contributed by atoms with Crippen molar-refractivity contribution in [3.63, 3.8) is 0 Å². The van der Waals surface area contributed by atoms with Gasteiger partial charge in [-0.25, -0.2) is 4.98 Å². The molecule has 4 rings (SSSR count). The minimum Gasteiger partial charge on any atom is -0.265 e. The first-order chi connectivity index (χ1) is 9.81. The van der Waals surface area contributed by atoms with Gasteiger partial charge in [-0.1, -0.05) is 6.07 Å². The Bertz CT molecular complexity index is 870. The lowest BCUT2D eigenvalue weighted by Gasteiger charge is -2.03. The van der Waals surface area contributed by atoms with Crippen LogP contribution < -0.4 is 0 Å². The van der Waals surface area contributed by atoms with E-state index in [0.717, 1.165) is 32.2 Å². The van der Waals surface area contributed by atoms with Gasteiger partial charge in [0.15, 0.2) is 5.01 Å². The van der Waals surface area contributed by atoms with Gasteiger partial charge in [0.1, 0.15) is 11.4 Å². The van der Waals surface area contributed by atoms with Crippen LogP contribution in [0.4, 0.5) is 0 Å². The molecule has 4 nitrogen and oxygen atoms in total. The molecular weight excluding hydrogens is 268 g/mol. The molecule has 0 amide bonds. The van der Waals surface area contributed by atoms with E-state index in [2.05, 4.69) is 40.3 Å². The second kappa shape index (κ2) is 4.31. The lowest BCUT2D eigenvalue weighted by molar-refractivity contribution is 1.11. The average molecular weight is 278 g/mol. The van der Waals surface area contributed by atoms with Gasteiger partial charge in [0.05, 0.1) is 10.2 Å². The maximum Gasteiger partial charge on any atom is 0.167 e. The number of aryl methyl sites for hydroxylation is 1. The van der Waals surface area contributed by atoms with Crippen molar-refractivity contribution in [2.24, 2.45) is 0 Å². The van der Waals surface area contributed by atoms with Crippen molar-refractivity contribution in [1.82, 2.24) is 20.2 Å². The van der Waals surface area contributed by atoms with E-state index in [1.165, 1.54) is 5.56 Å². The van der Waals surface area contributed by atoms with E-state index < -0.39 is 0 Å². The zero-order valence-electron chi connectivity index (χ0n) is 10.7. The highest BCUT2D eigenvalue weighted by Gasteiger charge is 2.18. The molecule has 96 valence electrons. The molecule has 5 heteroatoms. The number of nitrogens with zero attached hydrogens (tertiary/aromatic N) is 4. The first kappa shape index (κ1) is 11.4. The van der Waals surface area contributed by atoms with Crippen LogP contribution >= 0.6 is 11.3 Å². The van der Waals surface area contributed by atoms with E-state index in [0.29, 0.717) is 0 Å². The average Bonchev–Trinajstić information content (AvgIpc) is 2.88. The van der Waals surface area contributed by atoms with Gasteiger partial charge in [0.25, 0.3) is 0 Å². The monoisotopic (exact) mass is 278 g/mol. The quantitative estimate of drug-likeness (QED) is 0.534. The van der Waals surface area contributed by atoms with Gasteiger partial charge in [-0.15, -0.1) is 21.5 Å². The van der Waals surface area contributed by atoms with Crippen molar-refractivity contribution in [2.75, 3.05) is 0 Å². The molecular formula is C15H10N4S. The summed E-state index contributed by atoms with van der Waals surface area (Å²) in [6.45, 7) is 2.07. The summed E-state index contributed by atoms with van der Waals surface area (Å²) in [6.07, 6.45) is 3.51. The Labute approximate surface area is 119 Å². The predicted octanol–water partition coefficient (Wildman–Crippen LogP) is 3.56. The van der Waals surface area contributed by atoms with Crippen LogP contribution in [-0.4, -0.2) is 20.2 Å². The summed E-state index contributed by atoms with van der Waals surface area (Å²) < 4.78 is 1.13. The molecule has 0 radical (unpaired) electrons. The second-order valence-corrected chi connectivity index (χ2v) is 5.65. The molecule has 1 aromatic carbocycles. The van der Waals surface area contributed by atoms with Gasteiger partial charge in [0.2, 0.25) is 0 Å². The fraction of sp³-hybridized carbons (Fsp3) is 0.0667. The summed E-state index contributed by atoms with van der Waals surface area (Å²) in [5.74, 6) is 0. The number of pyridine rings is 1. The van der Waals surface area contributed by atoms with E-state index in [-0.39, 0.29) is 0 Å². The van der Waals surface area contributed by atoms with Gasteiger partial charge >= 0.3 is 0 Å². The summed E-state index contributed by atoms with van der Waals surface area (Å²) in [5.41, 5.74) is 4.87. The molecule has 0 aliphatic carbocycles. The summed E-state index contributed by atoms with van der Waals surface area (Å²) >= 11 is 1.62. The smallest absolute Gasteiger partial charge is 0.167 e. The van der Waals surface area contributed by atoms with Crippen molar-refractivity contribution in [2.45, 2.75) is 6.92 Å². The Morgan fingerprint density at radius 3 is 2.65 bits per heavy atom. The van der Waals surface area contributed by atoms with E-state index in [4.69, 9.17) is 4.98 Å².